The zero-order valence-corrected chi connectivity index (χ0v) is 18.6. The molecule has 10 heteroatoms. The third-order valence-electron chi connectivity index (χ3n) is 3.85. The molecule has 1 aliphatic heterocycles. The average molecular weight is 498 g/mol. The Labute approximate surface area is 180 Å². The lowest BCUT2D eigenvalue weighted by molar-refractivity contribution is -0.123. The normalized spacial score (nSPS) is 15.8. The van der Waals surface area contributed by atoms with Crippen LogP contribution in [0.4, 0.5) is 4.79 Å². The first-order valence-electron chi connectivity index (χ1n) is 8.23. The molecule has 7 nitrogen and oxygen atoms in total. The zero-order valence-electron chi connectivity index (χ0n) is 15.4. The molecule has 0 unspecified atom stereocenters. The summed E-state index contributed by atoms with van der Waals surface area (Å²) < 4.78 is 33.6. The van der Waals surface area contributed by atoms with E-state index >= 15 is 0 Å². The molecule has 1 saturated heterocycles. The number of rotatable bonds is 6. The molecule has 0 spiro atoms. The summed E-state index contributed by atoms with van der Waals surface area (Å²) in [6.07, 6.45) is 2.49. The first-order valence-corrected chi connectivity index (χ1v) is 11.7. The molecule has 0 N–H and O–H groups in total. The van der Waals surface area contributed by atoms with E-state index in [-0.39, 0.29) is 28.2 Å². The number of nitrogens with zero attached hydrogens (tertiary/aromatic N) is 1. The van der Waals surface area contributed by atoms with Crippen molar-refractivity contribution in [3.63, 3.8) is 0 Å². The number of hydrogen-bond acceptors (Lipinski definition) is 7. The molecular weight excluding hydrogens is 482 g/mol. The number of carbonyl (C=O) groups excluding carboxylic acids is 2. The number of imide groups is 1. The number of amides is 2. The smallest absolute Gasteiger partial charge is 0.306 e. The van der Waals surface area contributed by atoms with Crippen molar-refractivity contribution in [2.24, 2.45) is 0 Å². The van der Waals surface area contributed by atoms with Crippen LogP contribution in [0.1, 0.15) is 11.1 Å². The van der Waals surface area contributed by atoms with Gasteiger partial charge in [0.1, 0.15) is 0 Å². The van der Waals surface area contributed by atoms with Crippen LogP contribution in [0.25, 0.3) is 6.08 Å². The van der Waals surface area contributed by atoms with Gasteiger partial charge in [0.25, 0.3) is 11.1 Å². The second-order valence-corrected chi connectivity index (χ2v) is 9.58. The molecule has 0 aromatic heterocycles. The topological polar surface area (TPSA) is 90.0 Å². The van der Waals surface area contributed by atoms with E-state index in [2.05, 4.69) is 15.9 Å². The molecule has 1 aliphatic rings. The molecule has 0 radical (unpaired) electrons. The fraction of sp³-hybridized carbons (Fsp3) is 0.158. The summed E-state index contributed by atoms with van der Waals surface area (Å²) in [6, 6.07) is 11.9. The number of methoxy groups -OCH3 is 1. The number of halogens is 1. The fourth-order valence-electron chi connectivity index (χ4n) is 2.57. The molecule has 152 valence electrons. The molecular formula is C19H16BrNO6S2. The predicted molar refractivity (Wildman–Crippen MR) is 114 cm³/mol. The van der Waals surface area contributed by atoms with Gasteiger partial charge in [0.15, 0.2) is 11.5 Å². The molecule has 0 bridgehead atoms. The minimum Gasteiger partial charge on any atom is -0.493 e. The highest BCUT2D eigenvalue weighted by atomic mass is 79.9. The van der Waals surface area contributed by atoms with Gasteiger partial charge >= 0.3 is 10.1 Å². The maximum absolute atomic E-state index is 12.7. The molecule has 0 aliphatic carbocycles. The lowest BCUT2D eigenvalue weighted by Gasteiger charge is -2.12. The molecule has 2 aromatic carbocycles. The molecule has 29 heavy (non-hydrogen) atoms. The molecule has 1 fully saturated rings. The van der Waals surface area contributed by atoms with Crippen LogP contribution in [-0.4, -0.2) is 37.8 Å². The van der Waals surface area contributed by atoms with Crippen LogP contribution in [0.15, 0.2) is 51.8 Å². The van der Waals surface area contributed by atoms with E-state index in [4.69, 9.17) is 8.92 Å². The van der Waals surface area contributed by atoms with Crippen molar-refractivity contribution >= 4 is 55.0 Å². The maximum Gasteiger partial charge on any atom is 0.306 e. The highest BCUT2D eigenvalue weighted by molar-refractivity contribution is 9.10. The molecule has 2 amide bonds. The lowest BCUT2D eigenvalue weighted by atomic mass is 10.1. The van der Waals surface area contributed by atoms with Crippen molar-refractivity contribution in [3.8, 4) is 11.5 Å². The van der Waals surface area contributed by atoms with Crippen LogP contribution in [0.3, 0.4) is 0 Å². The van der Waals surface area contributed by atoms with E-state index in [0.29, 0.717) is 5.56 Å². The van der Waals surface area contributed by atoms with E-state index in [1.807, 2.05) is 24.3 Å². The number of benzene rings is 2. The van der Waals surface area contributed by atoms with Crippen molar-refractivity contribution in [1.82, 2.24) is 4.90 Å². The van der Waals surface area contributed by atoms with Gasteiger partial charge < -0.3 is 8.92 Å². The SMILES string of the molecule is COc1cc(/C=C2\SC(=O)N(Cc3ccc(Br)cc3)C2=O)ccc1OS(C)(=O)=O. The van der Waals surface area contributed by atoms with Gasteiger partial charge in [-0.1, -0.05) is 34.1 Å². The molecule has 1 heterocycles. The molecule has 3 rings (SSSR count). The Bertz CT molecular complexity index is 1100. The minimum atomic E-state index is -3.71. The van der Waals surface area contributed by atoms with Crippen molar-refractivity contribution in [1.29, 1.82) is 0 Å². The molecule has 0 atom stereocenters. The standard InChI is InChI=1S/C19H16BrNO6S2/c1-26-16-9-13(5-8-15(16)27-29(2,24)25)10-17-18(22)21(19(23)28-17)11-12-3-6-14(20)7-4-12/h3-10H,11H2,1-2H3/b17-10-. The second-order valence-electron chi connectivity index (χ2n) is 6.09. The Balaban J connectivity index is 1.82. The van der Waals surface area contributed by atoms with Gasteiger partial charge in [-0.2, -0.15) is 8.42 Å². The van der Waals surface area contributed by atoms with Crippen molar-refractivity contribution in [3.05, 3.63) is 63.0 Å². The monoisotopic (exact) mass is 497 g/mol. The lowest BCUT2D eigenvalue weighted by Crippen LogP contribution is -2.27. The van der Waals surface area contributed by atoms with E-state index < -0.39 is 16.0 Å². The predicted octanol–water partition coefficient (Wildman–Crippen LogP) is 4.03. The van der Waals surface area contributed by atoms with E-state index in [1.54, 1.807) is 12.1 Å². The van der Waals surface area contributed by atoms with Crippen molar-refractivity contribution in [2.45, 2.75) is 6.54 Å². The third-order valence-corrected chi connectivity index (χ3v) is 5.77. The van der Waals surface area contributed by atoms with Crippen LogP contribution in [0.2, 0.25) is 0 Å². The summed E-state index contributed by atoms with van der Waals surface area (Å²) in [5, 5.41) is -0.354. The molecule has 0 saturated carbocycles. The zero-order chi connectivity index (χ0) is 21.2. The second kappa shape index (κ2) is 8.60. The third kappa shape index (κ3) is 5.40. The number of hydrogen-bond donors (Lipinski definition) is 0. The average Bonchev–Trinajstić information content (AvgIpc) is 2.91. The Morgan fingerprint density at radius 1 is 1.10 bits per heavy atom. The number of carbonyl (C=O) groups is 2. The van der Waals surface area contributed by atoms with Gasteiger partial charge in [-0.25, -0.2) is 0 Å². The quantitative estimate of drug-likeness (QED) is 0.439. The Kier molecular flexibility index (Phi) is 6.35. The van der Waals surface area contributed by atoms with Crippen molar-refractivity contribution in [2.75, 3.05) is 13.4 Å². The van der Waals surface area contributed by atoms with Gasteiger partial charge in [0.05, 0.1) is 24.8 Å². The van der Waals surface area contributed by atoms with Gasteiger partial charge in [-0.15, -0.1) is 0 Å². The highest BCUT2D eigenvalue weighted by Crippen LogP contribution is 2.35. The van der Waals surface area contributed by atoms with Gasteiger partial charge in [-0.3, -0.25) is 14.5 Å². The number of thioether (sulfide) groups is 1. The summed E-state index contributed by atoms with van der Waals surface area (Å²) in [4.78, 5) is 26.4. The Hall–Kier alpha value is -2.30. The Morgan fingerprint density at radius 2 is 1.79 bits per heavy atom. The van der Waals surface area contributed by atoms with Gasteiger partial charge in [-0.05, 0) is 53.2 Å². The van der Waals surface area contributed by atoms with Gasteiger partial charge in [0, 0.05) is 4.47 Å². The first kappa shape index (κ1) is 21.4. The maximum atomic E-state index is 12.7. The summed E-state index contributed by atoms with van der Waals surface area (Å²) in [5.41, 5.74) is 1.40. The Morgan fingerprint density at radius 3 is 2.41 bits per heavy atom. The van der Waals surface area contributed by atoms with Crippen molar-refractivity contribution < 1.29 is 26.9 Å². The van der Waals surface area contributed by atoms with E-state index in [9.17, 15) is 18.0 Å². The number of ether oxygens (including phenoxy) is 1. The van der Waals surface area contributed by atoms with Crippen LogP contribution in [-0.2, 0) is 21.5 Å². The van der Waals surface area contributed by atoms with Crippen LogP contribution in [0.5, 0.6) is 11.5 Å². The fourth-order valence-corrected chi connectivity index (χ4v) is 4.13. The van der Waals surface area contributed by atoms with Crippen LogP contribution < -0.4 is 8.92 Å². The summed E-state index contributed by atoms with van der Waals surface area (Å²) in [7, 11) is -2.33. The van der Waals surface area contributed by atoms with Crippen LogP contribution >= 0.6 is 27.7 Å². The first-order chi connectivity index (χ1) is 13.7. The van der Waals surface area contributed by atoms with Crippen LogP contribution in [0, 0.1) is 0 Å². The summed E-state index contributed by atoms with van der Waals surface area (Å²) in [5.74, 6) is -0.160. The van der Waals surface area contributed by atoms with Gasteiger partial charge in [0.2, 0.25) is 0 Å². The van der Waals surface area contributed by atoms with E-state index in [0.717, 1.165) is 28.1 Å². The van der Waals surface area contributed by atoms with E-state index in [1.165, 1.54) is 24.1 Å². The largest absolute Gasteiger partial charge is 0.493 e. The summed E-state index contributed by atoms with van der Waals surface area (Å²) in [6.45, 7) is 0.180. The molecule has 2 aromatic rings. The minimum absolute atomic E-state index is 0.0375. The highest BCUT2D eigenvalue weighted by Gasteiger charge is 2.35. The summed E-state index contributed by atoms with van der Waals surface area (Å²) >= 11 is 4.20.